The maximum Gasteiger partial charge on any atom is 0.319 e. The number of pyridine rings is 1. The Hall–Kier alpha value is -2.06. The Bertz CT molecular complexity index is 768. The zero-order chi connectivity index (χ0) is 15.7. The number of hydrogen-bond acceptors (Lipinski definition) is 5. The summed E-state index contributed by atoms with van der Waals surface area (Å²) in [6.45, 7) is 0. The third-order valence-electron chi connectivity index (χ3n) is 3.27. The van der Waals surface area contributed by atoms with Crippen LogP contribution >= 0.6 is 23.1 Å². The number of aromatic amines is 1. The fourth-order valence-corrected chi connectivity index (χ4v) is 2.94. The van der Waals surface area contributed by atoms with Crippen LogP contribution in [0.1, 0.15) is 24.3 Å². The molecule has 2 aromatic rings. The van der Waals surface area contributed by atoms with Crippen LogP contribution in [0.25, 0.3) is 0 Å². The summed E-state index contributed by atoms with van der Waals surface area (Å²) in [5, 5.41) is 8.80. The van der Waals surface area contributed by atoms with Gasteiger partial charge in [0.1, 0.15) is 21.7 Å². The second-order valence-electron chi connectivity index (χ2n) is 4.95. The molecule has 7 nitrogen and oxygen atoms in total. The molecule has 4 N–H and O–H groups in total. The van der Waals surface area contributed by atoms with Gasteiger partial charge in [-0.05, 0) is 48.0 Å². The molecule has 3 rings (SSSR count). The zero-order valence-corrected chi connectivity index (χ0v) is 13.3. The van der Waals surface area contributed by atoms with Crippen LogP contribution in [-0.2, 0) is 0 Å². The van der Waals surface area contributed by atoms with Crippen molar-refractivity contribution in [3.63, 3.8) is 0 Å². The molecule has 0 unspecified atom stereocenters. The summed E-state index contributed by atoms with van der Waals surface area (Å²) < 4.78 is 2.57. The molecular formula is C13H14ClN5O2S. The maximum absolute atomic E-state index is 11.8. The predicted octanol–water partition coefficient (Wildman–Crippen LogP) is 2.86. The highest BCUT2D eigenvalue weighted by Crippen LogP contribution is 2.41. The normalized spacial score (nSPS) is 13.7. The largest absolute Gasteiger partial charge is 0.341 e. The van der Waals surface area contributed by atoms with Gasteiger partial charge in [0.2, 0.25) is 0 Å². The van der Waals surface area contributed by atoms with E-state index in [4.69, 9.17) is 11.6 Å². The molecule has 1 fully saturated rings. The molecule has 2 heterocycles. The van der Waals surface area contributed by atoms with Gasteiger partial charge in [0.25, 0.3) is 5.56 Å². The van der Waals surface area contributed by atoms with Crippen LogP contribution in [0.4, 0.5) is 21.3 Å². The van der Waals surface area contributed by atoms with Crippen molar-refractivity contribution in [2.75, 3.05) is 17.7 Å². The Labute approximate surface area is 135 Å². The molecule has 0 saturated heterocycles. The fourth-order valence-electron chi connectivity index (χ4n) is 2.03. The van der Waals surface area contributed by atoms with E-state index < -0.39 is 6.03 Å². The molecule has 1 aliphatic carbocycles. The zero-order valence-electron chi connectivity index (χ0n) is 11.7. The molecule has 22 heavy (non-hydrogen) atoms. The Morgan fingerprint density at radius 1 is 1.45 bits per heavy atom. The molecular weight excluding hydrogens is 326 g/mol. The minimum absolute atomic E-state index is 0.152. The average molecular weight is 340 g/mol. The van der Waals surface area contributed by atoms with Gasteiger partial charge in [-0.25, -0.2) is 9.78 Å². The van der Waals surface area contributed by atoms with Crippen LogP contribution in [0.5, 0.6) is 0 Å². The third kappa shape index (κ3) is 3.23. The maximum atomic E-state index is 11.8. The Morgan fingerprint density at radius 3 is 2.91 bits per heavy atom. The molecule has 1 saturated carbocycles. The highest BCUT2D eigenvalue weighted by atomic mass is 35.5. The van der Waals surface area contributed by atoms with Gasteiger partial charge in [-0.15, -0.1) is 0 Å². The smallest absolute Gasteiger partial charge is 0.319 e. The van der Waals surface area contributed by atoms with E-state index in [0.717, 1.165) is 29.9 Å². The molecule has 0 spiro atoms. The highest BCUT2D eigenvalue weighted by molar-refractivity contribution is 7.11. The van der Waals surface area contributed by atoms with Gasteiger partial charge in [0.05, 0.1) is 0 Å². The van der Waals surface area contributed by atoms with E-state index in [9.17, 15) is 9.59 Å². The molecule has 2 amide bonds. The predicted molar refractivity (Wildman–Crippen MR) is 87.5 cm³/mol. The quantitative estimate of drug-likeness (QED) is 0.644. The van der Waals surface area contributed by atoms with E-state index in [1.807, 2.05) is 12.1 Å². The summed E-state index contributed by atoms with van der Waals surface area (Å²) in [4.78, 5) is 27.4. The second-order valence-corrected chi connectivity index (χ2v) is 6.15. The molecule has 1 aliphatic rings. The van der Waals surface area contributed by atoms with E-state index >= 15 is 0 Å². The first kappa shape index (κ1) is 14.9. The molecule has 116 valence electrons. The van der Waals surface area contributed by atoms with E-state index in [1.54, 1.807) is 0 Å². The first-order valence-electron chi connectivity index (χ1n) is 6.71. The molecule has 9 heteroatoms. The number of amides is 2. The monoisotopic (exact) mass is 339 g/mol. The SMILES string of the molecule is CNC(=O)Nc1c(Nc2cc(C3CC3)cc(Cl)n2)s[nH]c1=O. The van der Waals surface area contributed by atoms with E-state index in [-0.39, 0.29) is 11.2 Å². The lowest BCUT2D eigenvalue weighted by Gasteiger charge is -2.08. The fraction of sp³-hybridized carbons (Fsp3) is 0.308. The molecule has 0 aliphatic heterocycles. The number of nitrogens with one attached hydrogen (secondary N) is 4. The first-order valence-corrected chi connectivity index (χ1v) is 7.91. The Morgan fingerprint density at radius 2 is 2.23 bits per heavy atom. The van der Waals surface area contributed by atoms with Gasteiger partial charge < -0.3 is 16.0 Å². The van der Waals surface area contributed by atoms with Crippen LogP contribution < -0.4 is 21.5 Å². The lowest BCUT2D eigenvalue weighted by molar-refractivity contribution is 0.254. The van der Waals surface area contributed by atoms with Crippen molar-refractivity contribution in [2.24, 2.45) is 0 Å². The lowest BCUT2D eigenvalue weighted by Crippen LogP contribution is -2.27. The van der Waals surface area contributed by atoms with Gasteiger partial charge in [-0.3, -0.25) is 9.17 Å². The minimum Gasteiger partial charge on any atom is -0.341 e. The third-order valence-corrected chi connectivity index (χ3v) is 4.26. The van der Waals surface area contributed by atoms with Crippen LogP contribution in [0.2, 0.25) is 5.15 Å². The number of H-pyrrole nitrogens is 1. The number of carbonyl (C=O) groups excluding carboxylic acids is 1. The summed E-state index contributed by atoms with van der Waals surface area (Å²) in [7, 11) is 1.48. The van der Waals surface area contributed by atoms with Crippen molar-refractivity contribution in [2.45, 2.75) is 18.8 Å². The number of rotatable bonds is 4. The molecule has 0 bridgehead atoms. The van der Waals surface area contributed by atoms with Crippen molar-refractivity contribution < 1.29 is 4.79 Å². The first-order chi connectivity index (χ1) is 10.6. The van der Waals surface area contributed by atoms with Crippen LogP contribution in [0.15, 0.2) is 16.9 Å². The van der Waals surface area contributed by atoms with Gasteiger partial charge in [-0.2, -0.15) is 0 Å². The van der Waals surface area contributed by atoms with Crippen molar-refractivity contribution in [1.82, 2.24) is 14.7 Å². The Balaban J connectivity index is 1.87. The van der Waals surface area contributed by atoms with E-state index in [1.165, 1.54) is 7.05 Å². The molecule has 0 radical (unpaired) electrons. The van der Waals surface area contributed by atoms with Crippen molar-refractivity contribution in [3.8, 4) is 0 Å². The standard InChI is InChI=1S/C13H14ClN5O2S/c1-15-13(21)18-10-11(20)19-22-12(10)17-9-5-7(6-2-3-6)4-8(14)16-9/h4-6H,2-3H2,1H3,(H,16,17)(H,19,20)(H2,15,18,21). The van der Waals surface area contributed by atoms with Crippen molar-refractivity contribution in [3.05, 3.63) is 33.2 Å². The molecule has 0 atom stereocenters. The van der Waals surface area contributed by atoms with Crippen LogP contribution in [0, 0.1) is 0 Å². The van der Waals surface area contributed by atoms with Gasteiger partial charge >= 0.3 is 6.03 Å². The van der Waals surface area contributed by atoms with E-state index in [0.29, 0.717) is 21.9 Å². The highest BCUT2D eigenvalue weighted by Gasteiger charge is 2.24. The second kappa shape index (κ2) is 5.98. The summed E-state index contributed by atoms with van der Waals surface area (Å²) in [5.74, 6) is 1.08. The van der Waals surface area contributed by atoms with Crippen molar-refractivity contribution in [1.29, 1.82) is 0 Å². The summed E-state index contributed by atoms with van der Waals surface area (Å²) in [6, 6.07) is 3.30. The lowest BCUT2D eigenvalue weighted by atomic mass is 10.2. The summed E-state index contributed by atoms with van der Waals surface area (Å²) >= 11 is 7.13. The van der Waals surface area contributed by atoms with Crippen molar-refractivity contribution >= 4 is 45.7 Å². The van der Waals surface area contributed by atoms with Gasteiger partial charge in [0, 0.05) is 7.05 Å². The number of anilines is 3. The number of carbonyl (C=O) groups is 1. The average Bonchev–Trinajstić information content (AvgIpc) is 3.28. The summed E-state index contributed by atoms with van der Waals surface area (Å²) in [5.41, 5.74) is 0.908. The topological polar surface area (TPSA) is 98.9 Å². The molecule has 2 aromatic heterocycles. The number of urea groups is 1. The summed E-state index contributed by atoms with van der Waals surface area (Å²) in [6.07, 6.45) is 2.31. The van der Waals surface area contributed by atoms with Gasteiger partial charge in [0.15, 0.2) is 0 Å². The Kier molecular flexibility index (Phi) is 4.04. The number of nitrogens with zero attached hydrogens (tertiary/aromatic N) is 1. The van der Waals surface area contributed by atoms with Crippen LogP contribution in [-0.4, -0.2) is 22.4 Å². The molecule has 0 aromatic carbocycles. The van der Waals surface area contributed by atoms with Crippen LogP contribution in [0.3, 0.4) is 0 Å². The minimum atomic E-state index is -0.468. The number of aromatic nitrogens is 2. The number of hydrogen-bond donors (Lipinski definition) is 4. The number of halogens is 1. The van der Waals surface area contributed by atoms with Gasteiger partial charge in [-0.1, -0.05) is 11.6 Å². The van der Waals surface area contributed by atoms with E-state index in [2.05, 4.69) is 25.3 Å².